The maximum Gasteiger partial charge on any atom is 0.299 e. The number of nitrogens with one attached hydrogen (secondary N) is 1. The van der Waals surface area contributed by atoms with Crippen LogP contribution in [0.5, 0.6) is 0 Å². The maximum atomic E-state index is 13.0. The van der Waals surface area contributed by atoms with Crippen molar-refractivity contribution < 1.29 is 0 Å². The molecule has 1 aromatic heterocycles. The van der Waals surface area contributed by atoms with Gasteiger partial charge in [0.2, 0.25) is 0 Å². The summed E-state index contributed by atoms with van der Waals surface area (Å²) in [5.41, 5.74) is 2.53. The Morgan fingerprint density at radius 2 is 1.46 bits per heavy atom. The van der Waals surface area contributed by atoms with Crippen LogP contribution in [0.4, 0.5) is 11.4 Å². The van der Waals surface area contributed by atoms with Crippen molar-refractivity contribution in [2.45, 2.75) is 0 Å². The molecule has 4 rings (SSSR count). The van der Waals surface area contributed by atoms with Crippen molar-refractivity contribution in [3.63, 3.8) is 0 Å². The van der Waals surface area contributed by atoms with Crippen LogP contribution in [0.25, 0.3) is 16.9 Å². The number of benzene rings is 3. The monoisotopic (exact) mass is 408 g/mol. The van der Waals surface area contributed by atoms with Gasteiger partial charge < -0.3 is 0 Å². The van der Waals surface area contributed by atoms with Crippen molar-refractivity contribution in [1.82, 2.24) is 9.78 Å². The van der Waals surface area contributed by atoms with Gasteiger partial charge in [-0.05, 0) is 30.3 Å². The molecule has 3 aromatic carbocycles. The molecule has 7 heteroatoms. The second kappa shape index (κ2) is 7.84. The van der Waals surface area contributed by atoms with Crippen molar-refractivity contribution in [2.75, 3.05) is 0 Å². The first kappa shape index (κ1) is 18.2. The highest BCUT2D eigenvalue weighted by Crippen LogP contribution is 2.30. The summed E-state index contributed by atoms with van der Waals surface area (Å²) in [6.45, 7) is 0. The number of nitrogens with zero attached hydrogens (tertiary/aromatic N) is 3. The minimum atomic E-state index is -0.297. The first-order valence-corrected chi connectivity index (χ1v) is 9.22. The van der Waals surface area contributed by atoms with E-state index in [-0.39, 0.29) is 11.2 Å². The van der Waals surface area contributed by atoms with Gasteiger partial charge in [-0.2, -0.15) is 5.11 Å². The van der Waals surface area contributed by atoms with E-state index < -0.39 is 0 Å². The Bertz CT molecular complexity index is 1200. The molecule has 0 fully saturated rings. The number of hydrogen-bond donors (Lipinski definition) is 1. The largest absolute Gasteiger partial charge is 0.299 e. The van der Waals surface area contributed by atoms with E-state index in [2.05, 4.69) is 15.3 Å². The molecule has 0 aliphatic rings. The lowest BCUT2D eigenvalue weighted by Crippen LogP contribution is -2.13. The summed E-state index contributed by atoms with van der Waals surface area (Å²) < 4.78 is 1.45. The first-order chi connectivity index (χ1) is 13.6. The predicted molar refractivity (Wildman–Crippen MR) is 112 cm³/mol. The minimum Gasteiger partial charge on any atom is -0.288 e. The van der Waals surface area contributed by atoms with E-state index in [1.807, 2.05) is 60.7 Å². The molecular weight excluding hydrogens is 395 g/mol. The van der Waals surface area contributed by atoms with Gasteiger partial charge in [-0.1, -0.05) is 71.7 Å². The van der Waals surface area contributed by atoms with Crippen LogP contribution in [0, 0.1) is 0 Å². The van der Waals surface area contributed by atoms with E-state index in [0.29, 0.717) is 27.1 Å². The van der Waals surface area contributed by atoms with Crippen LogP contribution >= 0.6 is 23.2 Å². The Morgan fingerprint density at radius 1 is 0.786 bits per heavy atom. The zero-order valence-electron chi connectivity index (χ0n) is 14.5. The van der Waals surface area contributed by atoms with Crippen LogP contribution in [0.15, 0.2) is 93.9 Å². The standard InChI is InChI=1S/C21H14Cl2N4O/c22-17-12-11-15(13-18(17)23)24-25-20-19(14-7-3-1-4-8-14)26-27(21(20)28)16-9-5-2-6-10-16/h1-13,26H. The van der Waals surface area contributed by atoms with Crippen molar-refractivity contribution in [3.8, 4) is 16.9 Å². The summed E-state index contributed by atoms with van der Waals surface area (Å²) in [4.78, 5) is 13.0. The van der Waals surface area contributed by atoms with E-state index in [1.165, 1.54) is 4.68 Å². The fraction of sp³-hybridized carbons (Fsp3) is 0. The average Bonchev–Trinajstić information content (AvgIpc) is 3.06. The van der Waals surface area contributed by atoms with Crippen molar-refractivity contribution in [1.29, 1.82) is 0 Å². The normalized spacial score (nSPS) is 11.2. The molecule has 0 aliphatic carbocycles. The van der Waals surface area contributed by atoms with Crippen molar-refractivity contribution in [2.24, 2.45) is 10.2 Å². The highest BCUT2D eigenvalue weighted by Gasteiger charge is 2.16. The molecule has 0 amide bonds. The summed E-state index contributed by atoms with van der Waals surface area (Å²) in [5.74, 6) is 0. The lowest BCUT2D eigenvalue weighted by atomic mass is 10.1. The molecule has 0 bridgehead atoms. The molecule has 0 atom stereocenters. The van der Waals surface area contributed by atoms with Crippen LogP contribution in [-0.2, 0) is 0 Å². The van der Waals surface area contributed by atoms with Gasteiger partial charge in [-0.3, -0.25) is 9.89 Å². The zero-order valence-corrected chi connectivity index (χ0v) is 16.0. The fourth-order valence-electron chi connectivity index (χ4n) is 2.74. The molecule has 5 nitrogen and oxygen atoms in total. The van der Waals surface area contributed by atoms with Crippen LogP contribution in [0.1, 0.15) is 0 Å². The molecule has 0 aliphatic heterocycles. The van der Waals surface area contributed by atoms with Gasteiger partial charge in [0.15, 0.2) is 5.69 Å². The molecule has 138 valence electrons. The van der Waals surface area contributed by atoms with E-state index in [1.54, 1.807) is 18.2 Å². The lowest BCUT2D eigenvalue weighted by molar-refractivity contribution is 0.852. The SMILES string of the molecule is O=c1c(N=Nc2ccc(Cl)c(Cl)c2)c(-c2ccccc2)[nH]n1-c1ccccc1. The second-order valence-electron chi connectivity index (χ2n) is 5.98. The Labute approximate surface area is 170 Å². The number of H-pyrrole nitrogens is 1. The summed E-state index contributed by atoms with van der Waals surface area (Å²) >= 11 is 12.0. The topological polar surface area (TPSA) is 62.5 Å². The quantitative estimate of drug-likeness (QED) is 0.382. The number of aromatic nitrogens is 2. The van der Waals surface area contributed by atoms with Crippen LogP contribution < -0.4 is 5.56 Å². The molecular formula is C21H14Cl2N4O. The van der Waals surface area contributed by atoms with Gasteiger partial charge in [0, 0.05) is 5.56 Å². The van der Waals surface area contributed by atoms with E-state index in [0.717, 1.165) is 5.56 Å². The third-order valence-electron chi connectivity index (χ3n) is 4.11. The zero-order chi connectivity index (χ0) is 19.5. The number of rotatable bonds is 4. The average molecular weight is 409 g/mol. The van der Waals surface area contributed by atoms with Gasteiger partial charge in [-0.15, -0.1) is 5.11 Å². The highest BCUT2D eigenvalue weighted by atomic mass is 35.5. The number of halogens is 2. The summed E-state index contributed by atoms with van der Waals surface area (Å²) in [5, 5.41) is 12.4. The van der Waals surface area contributed by atoms with E-state index in [4.69, 9.17) is 23.2 Å². The minimum absolute atomic E-state index is 0.209. The number of aromatic amines is 1. The third kappa shape index (κ3) is 3.63. The Hall–Kier alpha value is -3.15. The summed E-state index contributed by atoms with van der Waals surface area (Å²) in [6.07, 6.45) is 0. The smallest absolute Gasteiger partial charge is 0.288 e. The first-order valence-electron chi connectivity index (χ1n) is 8.46. The molecule has 1 N–H and O–H groups in total. The number of hydrogen-bond acceptors (Lipinski definition) is 3. The van der Waals surface area contributed by atoms with Crippen LogP contribution in [0.2, 0.25) is 10.0 Å². The van der Waals surface area contributed by atoms with E-state index in [9.17, 15) is 4.79 Å². The van der Waals surface area contributed by atoms with Gasteiger partial charge in [0.25, 0.3) is 5.56 Å². The van der Waals surface area contributed by atoms with Gasteiger partial charge in [0.1, 0.15) is 0 Å². The fourth-order valence-corrected chi connectivity index (χ4v) is 3.03. The van der Waals surface area contributed by atoms with Crippen molar-refractivity contribution in [3.05, 3.63) is 99.3 Å². The maximum absolute atomic E-state index is 13.0. The summed E-state index contributed by atoms with van der Waals surface area (Å²) in [7, 11) is 0. The molecule has 0 unspecified atom stereocenters. The van der Waals surface area contributed by atoms with Gasteiger partial charge in [-0.25, -0.2) is 4.68 Å². The highest BCUT2D eigenvalue weighted by molar-refractivity contribution is 6.42. The molecule has 0 saturated carbocycles. The van der Waals surface area contributed by atoms with E-state index >= 15 is 0 Å². The molecule has 4 aromatic rings. The van der Waals surface area contributed by atoms with Gasteiger partial charge in [0.05, 0.1) is 27.1 Å². The van der Waals surface area contributed by atoms with Gasteiger partial charge >= 0.3 is 0 Å². The Balaban J connectivity index is 1.85. The van der Waals surface area contributed by atoms with Crippen LogP contribution in [0.3, 0.4) is 0 Å². The molecule has 0 radical (unpaired) electrons. The third-order valence-corrected chi connectivity index (χ3v) is 4.85. The molecule has 28 heavy (non-hydrogen) atoms. The predicted octanol–water partition coefficient (Wildman–Crippen LogP) is 6.55. The Kier molecular flexibility index (Phi) is 5.10. The molecule has 0 spiro atoms. The second-order valence-corrected chi connectivity index (χ2v) is 6.79. The molecule has 0 saturated heterocycles. The molecule has 1 heterocycles. The number of azo groups is 1. The Morgan fingerprint density at radius 3 is 2.14 bits per heavy atom. The summed E-state index contributed by atoms with van der Waals surface area (Å²) in [6, 6.07) is 23.7. The van der Waals surface area contributed by atoms with Crippen molar-refractivity contribution >= 4 is 34.6 Å². The number of para-hydroxylation sites is 1. The van der Waals surface area contributed by atoms with Crippen LogP contribution in [-0.4, -0.2) is 9.78 Å². The lowest BCUT2D eigenvalue weighted by Gasteiger charge is -2.01.